The monoisotopic (exact) mass is 579 g/mol. The summed E-state index contributed by atoms with van der Waals surface area (Å²) >= 11 is 13.1. The van der Waals surface area contributed by atoms with Gasteiger partial charge in [0.2, 0.25) is 0 Å². The second-order valence-electron chi connectivity index (χ2n) is 7.91. The first kappa shape index (κ1) is 27.6. The summed E-state index contributed by atoms with van der Waals surface area (Å²) in [6.45, 7) is -1.38. The fraction of sp³-hybridized carbons (Fsp3) is 0.318. The number of carboxylic acid groups (broad SMARTS) is 1. The molecule has 0 bridgehead atoms. The second-order valence-corrected chi connectivity index (χ2v) is 9.89. The Morgan fingerprint density at radius 1 is 1.16 bits per heavy atom. The van der Waals surface area contributed by atoms with Crippen LogP contribution < -0.4 is 0 Å². The molecule has 1 aromatic heterocycles. The van der Waals surface area contributed by atoms with Crippen LogP contribution in [0.15, 0.2) is 41.4 Å². The highest BCUT2D eigenvalue weighted by Gasteiger charge is 2.48. The minimum Gasteiger partial charge on any atom is -0.480 e. The van der Waals surface area contributed by atoms with Gasteiger partial charge in [-0.2, -0.15) is 0 Å². The zero-order valence-corrected chi connectivity index (χ0v) is 20.8. The van der Waals surface area contributed by atoms with Crippen LogP contribution in [-0.2, 0) is 14.3 Å². The molecule has 1 aliphatic rings. The normalized spacial score (nSPS) is 23.8. The zero-order chi connectivity index (χ0) is 26.9. The van der Waals surface area contributed by atoms with Gasteiger partial charge in [0.1, 0.15) is 42.1 Å². The van der Waals surface area contributed by atoms with Crippen LogP contribution in [0.2, 0.25) is 10.0 Å². The first-order chi connectivity index (χ1) is 17.6. The van der Waals surface area contributed by atoms with E-state index in [-0.39, 0.29) is 16.3 Å². The molecule has 2 aromatic carbocycles. The highest BCUT2D eigenvalue weighted by atomic mass is 35.5. The molecule has 0 spiro atoms. The number of hydrogen-bond donors (Lipinski definition) is 3. The number of aliphatic hydroxyl groups excluding tert-OH is 2. The molecule has 5 atom stereocenters. The first-order valence-corrected chi connectivity index (χ1v) is 12.2. The lowest BCUT2D eigenvalue weighted by Gasteiger charge is -2.43. The summed E-state index contributed by atoms with van der Waals surface area (Å²) in [5.74, 6) is -5.81. The predicted octanol–water partition coefficient (Wildman–Crippen LogP) is 3.55. The number of benzene rings is 2. The third kappa shape index (κ3) is 6.03. The van der Waals surface area contributed by atoms with E-state index in [4.69, 9.17) is 32.7 Å². The highest BCUT2D eigenvalue weighted by molar-refractivity contribution is 7.99. The van der Waals surface area contributed by atoms with Gasteiger partial charge in [-0.05, 0) is 30.3 Å². The maximum atomic E-state index is 13.7. The van der Waals surface area contributed by atoms with Crippen LogP contribution in [0.5, 0.6) is 0 Å². The van der Waals surface area contributed by atoms with Gasteiger partial charge in [-0.1, -0.05) is 40.2 Å². The molecule has 0 radical (unpaired) electrons. The van der Waals surface area contributed by atoms with Crippen molar-refractivity contribution >= 4 is 40.9 Å². The van der Waals surface area contributed by atoms with Gasteiger partial charge in [0.05, 0.1) is 22.8 Å². The van der Waals surface area contributed by atoms with E-state index in [0.29, 0.717) is 9.92 Å². The van der Waals surface area contributed by atoms with Crippen molar-refractivity contribution in [2.45, 2.75) is 34.7 Å². The molecule has 1 fully saturated rings. The standard InChI is InChI=1S/C22H18Cl2F3N3O6S/c23-11-2-1-10(5-12(11)24)37-22-21(35-8-17(32)33)19(20(34)16(7-31)36-22)30-6-15(28-29-30)9-3-13(25)18(27)14(26)4-9/h1-6,16,19-22,31,34H,7-8H2,(H,32,33)/t16?,19?,20-,21-,22+/m0/s1. The summed E-state index contributed by atoms with van der Waals surface area (Å²) in [7, 11) is 0. The van der Waals surface area contributed by atoms with Crippen molar-refractivity contribution in [1.29, 1.82) is 0 Å². The van der Waals surface area contributed by atoms with Gasteiger partial charge in [-0.3, -0.25) is 0 Å². The lowest BCUT2D eigenvalue weighted by molar-refractivity contribution is -0.196. The molecule has 4 rings (SSSR count). The van der Waals surface area contributed by atoms with E-state index < -0.39 is 66.4 Å². The molecule has 2 heterocycles. The highest BCUT2D eigenvalue weighted by Crippen LogP contribution is 2.41. The van der Waals surface area contributed by atoms with Crippen LogP contribution in [0.1, 0.15) is 6.04 Å². The Labute approximate surface area is 221 Å². The van der Waals surface area contributed by atoms with E-state index in [1.165, 1.54) is 6.20 Å². The number of aliphatic hydroxyl groups is 2. The molecule has 15 heteroatoms. The van der Waals surface area contributed by atoms with Crippen molar-refractivity contribution < 1.29 is 42.8 Å². The van der Waals surface area contributed by atoms with Gasteiger partial charge >= 0.3 is 5.97 Å². The molecular weight excluding hydrogens is 562 g/mol. The second kappa shape index (κ2) is 11.6. The number of carbonyl (C=O) groups is 1. The molecule has 198 valence electrons. The van der Waals surface area contributed by atoms with E-state index in [0.717, 1.165) is 28.6 Å². The van der Waals surface area contributed by atoms with Crippen LogP contribution in [0, 0.1) is 17.5 Å². The van der Waals surface area contributed by atoms with Crippen LogP contribution in [0.4, 0.5) is 13.2 Å². The molecule has 1 aliphatic heterocycles. The van der Waals surface area contributed by atoms with Gasteiger partial charge in [-0.25, -0.2) is 22.6 Å². The average Bonchev–Trinajstić information content (AvgIpc) is 3.34. The molecule has 3 N–H and O–H groups in total. The van der Waals surface area contributed by atoms with Crippen LogP contribution >= 0.6 is 35.0 Å². The number of ether oxygens (including phenoxy) is 2. The molecule has 1 saturated heterocycles. The number of thioether (sulfide) groups is 1. The van der Waals surface area contributed by atoms with E-state index in [2.05, 4.69) is 10.3 Å². The number of rotatable bonds is 8. The molecular formula is C22H18Cl2F3N3O6S. The van der Waals surface area contributed by atoms with Crippen LogP contribution in [0.25, 0.3) is 11.3 Å². The van der Waals surface area contributed by atoms with E-state index in [9.17, 15) is 33.3 Å². The summed E-state index contributed by atoms with van der Waals surface area (Å²) in [6, 6.07) is 5.02. The number of aliphatic carboxylic acids is 1. The Bertz CT molecular complexity index is 1280. The van der Waals surface area contributed by atoms with Crippen molar-refractivity contribution in [1.82, 2.24) is 15.0 Å². The topological polar surface area (TPSA) is 127 Å². The Morgan fingerprint density at radius 3 is 2.49 bits per heavy atom. The quantitative estimate of drug-likeness (QED) is 0.343. The van der Waals surface area contributed by atoms with Crippen molar-refractivity contribution in [3.63, 3.8) is 0 Å². The average molecular weight is 580 g/mol. The van der Waals surface area contributed by atoms with Gasteiger partial charge in [0, 0.05) is 10.5 Å². The van der Waals surface area contributed by atoms with Gasteiger partial charge in [0.25, 0.3) is 0 Å². The predicted molar refractivity (Wildman–Crippen MR) is 126 cm³/mol. The Hall–Kier alpha value is -2.39. The molecule has 0 saturated carbocycles. The van der Waals surface area contributed by atoms with E-state index in [1.807, 2.05) is 0 Å². The largest absolute Gasteiger partial charge is 0.480 e. The number of halogens is 5. The summed E-state index contributed by atoms with van der Waals surface area (Å²) in [6.07, 6.45) is -2.57. The SMILES string of the molecule is O=C(O)CO[C@H]1C(n2cc(-c3cc(F)c(F)c(F)c3)nn2)[C@@H](O)C(CO)O[C@@H]1Sc1ccc(Cl)c(Cl)c1. The lowest BCUT2D eigenvalue weighted by Crippen LogP contribution is -2.56. The summed E-state index contributed by atoms with van der Waals surface area (Å²) in [5, 5.41) is 38.3. The van der Waals surface area contributed by atoms with Crippen molar-refractivity contribution in [3.05, 3.63) is 64.0 Å². The third-order valence-corrected chi connectivity index (χ3v) is 7.34. The van der Waals surface area contributed by atoms with Gasteiger partial charge in [-0.15, -0.1) is 5.10 Å². The summed E-state index contributed by atoms with van der Waals surface area (Å²) < 4.78 is 53.4. The number of nitrogens with zero attached hydrogens (tertiary/aromatic N) is 3. The molecule has 3 aromatic rings. The van der Waals surface area contributed by atoms with Crippen molar-refractivity contribution in [2.24, 2.45) is 0 Å². The smallest absolute Gasteiger partial charge is 0.329 e. The van der Waals surface area contributed by atoms with Crippen molar-refractivity contribution in [2.75, 3.05) is 13.2 Å². The van der Waals surface area contributed by atoms with Crippen LogP contribution in [-0.4, -0.2) is 73.2 Å². The maximum Gasteiger partial charge on any atom is 0.329 e. The third-order valence-electron chi connectivity index (χ3n) is 5.46. The van der Waals surface area contributed by atoms with Crippen LogP contribution in [0.3, 0.4) is 0 Å². The van der Waals surface area contributed by atoms with E-state index in [1.54, 1.807) is 18.2 Å². The minimum atomic E-state index is -1.65. The van der Waals surface area contributed by atoms with E-state index >= 15 is 0 Å². The van der Waals surface area contributed by atoms with Gasteiger partial charge < -0.3 is 24.8 Å². The van der Waals surface area contributed by atoms with Crippen molar-refractivity contribution in [3.8, 4) is 11.3 Å². The van der Waals surface area contributed by atoms with Gasteiger partial charge in [0.15, 0.2) is 17.5 Å². The molecule has 2 unspecified atom stereocenters. The molecule has 9 nitrogen and oxygen atoms in total. The number of hydrogen-bond acceptors (Lipinski definition) is 8. The summed E-state index contributed by atoms with van der Waals surface area (Å²) in [5.41, 5.74) is -1.19. The minimum absolute atomic E-state index is 0.0669. The fourth-order valence-corrected chi connectivity index (χ4v) is 5.28. The number of aromatic nitrogens is 3. The zero-order valence-electron chi connectivity index (χ0n) is 18.5. The fourth-order valence-electron chi connectivity index (χ4n) is 3.75. The molecule has 0 amide bonds. The Morgan fingerprint density at radius 2 is 1.86 bits per heavy atom. The lowest BCUT2D eigenvalue weighted by atomic mass is 9.97. The molecule has 37 heavy (non-hydrogen) atoms. The Kier molecular flexibility index (Phi) is 8.63. The Balaban J connectivity index is 1.72. The first-order valence-electron chi connectivity index (χ1n) is 10.5. The maximum absolute atomic E-state index is 13.7. The number of carboxylic acids is 1. The molecule has 0 aliphatic carbocycles. The summed E-state index contributed by atoms with van der Waals surface area (Å²) in [4.78, 5) is 11.8.